The van der Waals surface area contributed by atoms with Crippen LogP contribution in [0.1, 0.15) is 24.2 Å². The van der Waals surface area contributed by atoms with Gasteiger partial charge >= 0.3 is 0 Å². The van der Waals surface area contributed by atoms with Gasteiger partial charge in [-0.2, -0.15) is 0 Å². The Hall–Kier alpha value is -2.89. The molecule has 0 fully saturated rings. The van der Waals surface area contributed by atoms with Gasteiger partial charge in [0.25, 0.3) is 11.6 Å². The van der Waals surface area contributed by atoms with E-state index < -0.39 is 10.8 Å². The number of nitro benzene ring substituents is 1. The minimum atomic E-state index is -0.533. The first-order valence-electron chi connectivity index (χ1n) is 6.79. The largest absolute Gasteiger partial charge is 0.491 e. The Morgan fingerprint density at radius 2 is 1.77 bits per heavy atom. The number of nitrogens with zero attached hydrogens (tertiary/aromatic N) is 1. The zero-order valence-corrected chi connectivity index (χ0v) is 12.3. The van der Waals surface area contributed by atoms with E-state index >= 15 is 0 Å². The highest BCUT2D eigenvalue weighted by molar-refractivity contribution is 6.05. The maximum Gasteiger partial charge on any atom is 0.292 e. The fourth-order valence-corrected chi connectivity index (χ4v) is 1.89. The van der Waals surface area contributed by atoms with Gasteiger partial charge in [-0.05, 0) is 44.2 Å². The van der Waals surface area contributed by atoms with Gasteiger partial charge in [-0.1, -0.05) is 12.1 Å². The standard InChI is InChI=1S/C16H16N2O4/c1-11(2)22-13-9-7-12(8-10-13)16(19)17-14-5-3-4-6-15(14)18(20)21/h3-11H,1-2H3,(H,17,19). The summed E-state index contributed by atoms with van der Waals surface area (Å²) < 4.78 is 5.50. The highest BCUT2D eigenvalue weighted by atomic mass is 16.6. The summed E-state index contributed by atoms with van der Waals surface area (Å²) in [6.45, 7) is 3.82. The third-order valence-corrected chi connectivity index (χ3v) is 2.84. The molecule has 2 aromatic carbocycles. The molecule has 0 heterocycles. The minimum Gasteiger partial charge on any atom is -0.491 e. The van der Waals surface area contributed by atoms with Crippen LogP contribution in [0.4, 0.5) is 11.4 Å². The molecule has 0 aliphatic rings. The van der Waals surface area contributed by atoms with E-state index in [9.17, 15) is 14.9 Å². The number of anilines is 1. The SMILES string of the molecule is CC(C)Oc1ccc(C(=O)Nc2ccccc2[N+](=O)[O-])cc1. The first kappa shape index (κ1) is 15.5. The van der Waals surface area contributed by atoms with Crippen LogP contribution in [0.2, 0.25) is 0 Å². The molecule has 6 heteroatoms. The summed E-state index contributed by atoms with van der Waals surface area (Å²) in [5, 5.41) is 13.5. The molecular formula is C16H16N2O4. The zero-order chi connectivity index (χ0) is 16.1. The van der Waals surface area contributed by atoms with Crippen molar-refractivity contribution < 1.29 is 14.5 Å². The van der Waals surface area contributed by atoms with Gasteiger partial charge in [-0.25, -0.2) is 0 Å². The summed E-state index contributed by atoms with van der Waals surface area (Å²) in [6, 6.07) is 12.6. The van der Waals surface area contributed by atoms with Gasteiger partial charge in [0.1, 0.15) is 11.4 Å². The van der Waals surface area contributed by atoms with Gasteiger partial charge in [0.05, 0.1) is 11.0 Å². The van der Waals surface area contributed by atoms with Crippen molar-refractivity contribution in [3.8, 4) is 5.75 Å². The van der Waals surface area contributed by atoms with Crippen LogP contribution >= 0.6 is 0 Å². The Balaban J connectivity index is 2.14. The predicted molar refractivity (Wildman–Crippen MR) is 83.3 cm³/mol. The lowest BCUT2D eigenvalue weighted by molar-refractivity contribution is -0.383. The second kappa shape index (κ2) is 6.71. The molecule has 1 N–H and O–H groups in total. The van der Waals surface area contributed by atoms with Crippen LogP contribution in [0.25, 0.3) is 0 Å². The van der Waals surface area contributed by atoms with Gasteiger partial charge in [0.2, 0.25) is 0 Å². The minimum absolute atomic E-state index is 0.0478. The van der Waals surface area contributed by atoms with Crippen molar-refractivity contribution >= 4 is 17.3 Å². The lowest BCUT2D eigenvalue weighted by atomic mass is 10.2. The quantitative estimate of drug-likeness (QED) is 0.675. The molecule has 0 radical (unpaired) electrons. The Bertz CT molecular complexity index is 681. The number of nitro groups is 1. The number of benzene rings is 2. The van der Waals surface area contributed by atoms with Crippen LogP contribution in [0, 0.1) is 10.1 Å². The van der Waals surface area contributed by atoms with Gasteiger partial charge < -0.3 is 10.1 Å². The Kier molecular flexibility index (Phi) is 4.73. The van der Waals surface area contributed by atoms with Gasteiger partial charge in [0.15, 0.2) is 0 Å². The number of rotatable bonds is 5. The number of hydrogen-bond donors (Lipinski definition) is 1. The van der Waals surface area contributed by atoms with E-state index in [1.54, 1.807) is 36.4 Å². The van der Waals surface area contributed by atoms with Crippen molar-refractivity contribution in [1.82, 2.24) is 0 Å². The highest BCUT2D eigenvalue weighted by Crippen LogP contribution is 2.24. The van der Waals surface area contributed by atoms with E-state index in [1.807, 2.05) is 13.8 Å². The lowest BCUT2D eigenvalue weighted by Gasteiger charge is -2.10. The smallest absolute Gasteiger partial charge is 0.292 e. The van der Waals surface area contributed by atoms with Crippen LogP contribution in [0.3, 0.4) is 0 Å². The molecule has 114 valence electrons. The summed E-state index contributed by atoms with van der Waals surface area (Å²) >= 11 is 0. The summed E-state index contributed by atoms with van der Waals surface area (Å²) in [5.74, 6) is 0.252. The summed E-state index contributed by atoms with van der Waals surface area (Å²) in [6.07, 6.45) is 0.0478. The number of nitrogens with one attached hydrogen (secondary N) is 1. The molecule has 0 saturated heterocycles. The normalized spacial score (nSPS) is 10.3. The molecule has 0 spiro atoms. The fraction of sp³-hybridized carbons (Fsp3) is 0.188. The Labute approximate surface area is 127 Å². The summed E-state index contributed by atoms with van der Waals surface area (Å²) in [7, 11) is 0. The van der Waals surface area contributed by atoms with Crippen LogP contribution in [0.15, 0.2) is 48.5 Å². The molecule has 0 atom stereocenters. The van der Waals surface area contributed by atoms with E-state index in [4.69, 9.17) is 4.74 Å². The van der Waals surface area contributed by atoms with Crippen LogP contribution in [-0.4, -0.2) is 16.9 Å². The van der Waals surface area contributed by atoms with E-state index in [0.29, 0.717) is 11.3 Å². The predicted octanol–water partition coefficient (Wildman–Crippen LogP) is 3.63. The number of carbonyl (C=O) groups is 1. The molecule has 0 aliphatic carbocycles. The number of carbonyl (C=O) groups excluding carboxylic acids is 1. The van der Waals surface area contributed by atoms with Crippen LogP contribution in [-0.2, 0) is 0 Å². The second-order valence-electron chi connectivity index (χ2n) is 4.92. The molecule has 6 nitrogen and oxygen atoms in total. The molecule has 1 amide bonds. The molecule has 0 aromatic heterocycles. The molecular weight excluding hydrogens is 284 g/mol. The number of amides is 1. The molecule has 0 unspecified atom stereocenters. The molecule has 0 saturated carbocycles. The van der Waals surface area contributed by atoms with E-state index in [1.165, 1.54) is 12.1 Å². The lowest BCUT2D eigenvalue weighted by Crippen LogP contribution is -2.13. The molecule has 0 aliphatic heterocycles. The van der Waals surface area contributed by atoms with Crippen molar-refractivity contribution in [1.29, 1.82) is 0 Å². The van der Waals surface area contributed by atoms with E-state index in [-0.39, 0.29) is 17.5 Å². The zero-order valence-electron chi connectivity index (χ0n) is 12.3. The Morgan fingerprint density at radius 1 is 1.14 bits per heavy atom. The maximum absolute atomic E-state index is 12.1. The van der Waals surface area contributed by atoms with Crippen molar-refractivity contribution in [2.75, 3.05) is 5.32 Å². The maximum atomic E-state index is 12.1. The monoisotopic (exact) mass is 300 g/mol. The van der Waals surface area contributed by atoms with Crippen LogP contribution < -0.4 is 10.1 Å². The summed E-state index contributed by atoms with van der Waals surface area (Å²) in [5.41, 5.74) is 0.421. The Morgan fingerprint density at radius 3 is 2.36 bits per heavy atom. The van der Waals surface area contributed by atoms with Crippen molar-refractivity contribution in [2.45, 2.75) is 20.0 Å². The van der Waals surface area contributed by atoms with Crippen molar-refractivity contribution in [3.63, 3.8) is 0 Å². The molecule has 22 heavy (non-hydrogen) atoms. The van der Waals surface area contributed by atoms with Crippen molar-refractivity contribution in [2.24, 2.45) is 0 Å². The molecule has 2 rings (SSSR count). The van der Waals surface area contributed by atoms with Gasteiger partial charge in [0, 0.05) is 11.6 Å². The van der Waals surface area contributed by atoms with E-state index in [2.05, 4.69) is 5.32 Å². The first-order chi connectivity index (χ1) is 10.5. The third kappa shape index (κ3) is 3.82. The highest BCUT2D eigenvalue weighted by Gasteiger charge is 2.15. The van der Waals surface area contributed by atoms with Gasteiger partial charge in [-0.15, -0.1) is 0 Å². The number of hydrogen-bond acceptors (Lipinski definition) is 4. The second-order valence-corrected chi connectivity index (χ2v) is 4.92. The average molecular weight is 300 g/mol. The van der Waals surface area contributed by atoms with Crippen molar-refractivity contribution in [3.05, 3.63) is 64.2 Å². The van der Waals surface area contributed by atoms with Crippen LogP contribution in [0.5, 0.6) is 5.75 Å². The number of ether oxygens (including phenoxy) is 1. The third-order valence-electron chi connectivity index (χ3n) is 2.84. The number of para-hydroxylation sites is 2. The average Bonchev–Trinajstić information content (AvgIpc) is 2.47. The topological polar surface area (TPSA) is 81.5 Å². The van der Waals surface area contributed by atoms with E-state index in [0.717, 1.165) is 0 Å². The molecule has 2 aromatic rings. The van der Waals surface area contributed by atoms with Gasteiger partial charge in [-0.3, -0.25) is 14.9 Å². The summed E-state index contributed by atoms with van der Waals surface area (Å²) in [4.78, 5) is 22.5. The first-order valence-corrected chi connectivity index (χ1v) is 6.79. The molecule has 0 bridgehead atoms. The fourth-order valence-electron chi connectivity index (χ4n) is 1.89.